The molecule has 1 saturated heterocycles. The van der Waals surface area contributed by atoms with Gasteiger partial charge in [-0.15, -0.1) is 10.2 Å². The second-order valence-electron chi connectivity index (χ2n) is 11.3. The number of fused-ring (bicyclic) bond motifs is 2. The number of aliphatic carboxylic acids is 1. The van der Waals surface area contributed by atoms with Crippen LogP contribution in [0.2, 0.25) is 0 Å². The van der Waals surface area contributed by atoms with Crippen molar-refractivity contribution >= 4 is 22.6 Å². The molecule has 15 heteroatoms. The largest absolute Gasteiger partial charge is 0.481 e. The Morgan fingerprint density at radius 1 is 1.16 bits per heavy atom. The van der Waals surface area contributed by atoms with Gasteiger partial charge in [-0.25, -0.2) is 17.9 Å². The minimum atomic E-state index is -4.72. The minimum absolute atomic E-state index is 0.0243. The number of rotatable bonds is 6. The first kappa shape index (κ1) is 31.0. The third-order valence-electron chi connectivity index (χ3n) is 8.39. The van der Waals surface area contributed by atoms with Gasteiger partial charge in [0.25, 0.3) is 0 Å². The van der Waals surface area contributed by atoms with Crippen LogP contribution in [-0.4, -0.2) is 64.5 Å². The van der Waals surface area contributed by atoms with Gasteiger partial charge in [-0.3, -0.25) is 9.20 Å². The lowest BCUT2D eigenvalue weighted by atomic mass is 9.85. The highest BCUT2D eigenvalue weighted by Gasteiger charge is 2.43. The van der Waals surface area contributed by atoms with E-state index in [2.05, 4.69) is 15.2 Å². The van der Waals surface area contributed by atoms with Gasteiger partial charge in [-0.1, -0.05) is 18.2 Å². The Morgan fingerprint density at radius 3 is 2.62 bits per heavy atom. The lowest BCUT2D eigenvalue weighted by Gasteiger charge is -2.38. The summed E-state index contributed by atoms with van der Waals surface area (Å²) >= 11 is 0. The van der Waals surface area contributed by atoms with Gasteiger partial charge in [0.1, 0.15) is 27.3 Å². The Bertz CT molecular complexity index is 1810. The topological polar surface area (TPSA) is 119 Å². The van der Waals surface area contributed by atoms with Gasteiger partial charge in [0.2, 0.25) is 11.7 Å². The first-order valence-electron chi connectivity index (χ1n) is 14.2. The van der Waals surface area contributed by atoms with Crippen LogP contribution in [0.15, 0.2) is 47.6 Å². The zero-order chi connectivity index (χ0) is 32.1. The number of hydrogen-bond donors (Lipinski definition) is 1. The monoisotopic (exact) mass is 647 g/mol. The van der Waals surface area contributed by atoms with E-state index in [9.17, 15) is 31.7 Å². The first-order chi connectivity index (χ1) is 21.3. The summed E-state index contributed by atoms with van der Waals surface area (Å²) in [4.78, 5) is 16.3. The van der Waals surface area contributed by atoms with Crippen LogP contribution < -0.4 is 4.74 Å². The molecule has 2 aliphatic rings. The van der Waals surface area contributed by atoms with Crippen LogP contribution in [0.1, 0.15) is 58.8 Å². The molecule has 0 aliphatic carbocycles. The van der Waals surface area contributed by atoms with E-state index in [1.165, 1.54) is 12.3 Å². The standard InChI is InChI=1S/C30H29F4N5O5S/c1-17-3-4-19(23(13-25(40)41)22-5-8-39-26(18(22)2)36-37-28(39)30(32,33)34)11-20(17)15-38-16-29(6-9-43-10-7-29)44-27-24(45(38)42)12-21(31)14-35-27/h3-5,8,11-12,14,23H,6-7,9-10,13,15-16H2,1-2H3,(H,40,41). The molecule has 2 unspecified atom stereocenters. The molecule has 45 heavy (non-hydrogen) atoms. The van der Waals surface area contributed by atoms with E-state index < -0.39 is 46.3 Å². The molecule has 1 N–H and O–H groups in total. The molecule has 1 aromatic carbocycles. The van der Waals surface area contributed by atoms with E-state index in [0.29, 0.717) is 42.7 Å². The van der Waals surface area contributed by atoms with Crippen molar-refractivity contribution in [1.82, 2.24) is 23.9 Å². The maximum absolute atomic E-state index is 14.2. The van der Waals surface area contributed by atoms with Crippen molar-refractivity contribution in [2.45, 2.75) is 62.2 Å². The molecule has 0 amide bonds. The Morgan fingerprint density at radius 2 is 1.91 bits per heavy atom. The van der Waals surface area contributed by atoms with Crippen molar-refractivity contribution in [2.75, 3.05) is 19.8 Å². The summed E-state index contributed by atoms with van der Waals surface area (Å²) < 4.78 is 82.9. The summed E-state index contributed by atoms with van der Waals surface area (Å²) in [7, 11) is -1.84. The van der Waals surface area contributed by atoms with Crippen LogP contribution in [0.4, 0.5) is 17.6 Å². The Labute approximate surface area is 257 Å². The molecule has 2 aliphatic heterocycles. The fraction of sp³-hybridized carbons (Fsp3) is 0.400. The van der Waals surface area contributed by atoms with Crippen molar-refractivity contribution in [3.63, 3.8) is 0 Å². The van der Waals surface area contributed by atoms with Gasteiger partial charge in [0, 0.05) is 31.5 Å². The van der Waals surface area contributed by atoms with Gasteiger partial charge in [-0.2, -0.15) is 13.2 Å². The number of halogens is 4. The van der Waals surface area contributed by atoms with E-state index in [0.717, 1.165) is 27.8 Å². The molecule has 0 saturated carbocycles. The van der Waals surface area contributed by atoms with E-state index in [4.69, 9.17) is 9.47 Å². The van der Waals surface area contributed by atoms with Gasteiger partial charge >= 0.3 is 12.1 Å². The Balaban J connectivity index is 1.39. The number of aryl methyl sites for hydroxylation is 2. The number of nitrogens with zero attached hydrogens (tertiary/aromatic N) is 5. The highest BCUT2D eigenvalue weighted by molar-refractivity contribution is 7.82. The average molecular weight is 648 g/mol. The van der Waals surface area contributed by atoms with E-state index in [1.807, 2.05) is 19.1 Å². The number of hydrogen-bond acceptors (Lipinski definition) is 7. The van der Waals surface area contributed by atoms with Gasteiger partial charge in [0.15, 0.2) is 5.65 Å². The van der Waals surface area contributed by atoms with Crippen molar-refractivity contribution in [1.29, 1.82) is 0 Å². The summed E-state index contributed by atoms with van der Waals surface area (Å²) in [5.74, 6) is -3.55. The van der Waals surface area contributed by atoms with Gasteiger partial charge in [-0.05, 0) is 53.8 Å². The molecule has 2 atom stereocenters. The van der Waals surface area contributed by atoms with Gasteiger partial charge in [0.05, 0.1) is 32.4 Å². The number of carbonyl (C=O) groups is 1. The summed E-state index contributed by atoms with van der Waals surface area (Å²) in [6.45, 7) is 4.72. The van der Waals surface area contributed by atoms with Crippen LogP contribution in [0.3, 0.4) is 0 Å². The smallest absolute Gasteiger partial charge is 0.452 e. The second-order valence-corrected chi connectivity index (χ2v) is 12.8. The Kier molecular flexibility index (Phi) is 8.12. The van der Waals surface area contributed by atoms with Crippen molar-refractivity contribution in [2.24, 2.45) is 0 Å². The number of pyridine rings is 2. The highest BCUT2D eigenvalue weighted by atomic mass is 32.2. The molecule has 238 valence electrons. The zero-order valence-electron chi connectivity index (χ0n) is 24.3. The summed E-state index contributed by atoms with van der Waals surface area (Å²) in [6.07, 6.45) is -1.81. The quantitative estimate of drug-likeness (QED) is 0.292. The molecule has 10 nitrogen and oxygen atoms in total. The highest BCUT2D eigenvalue weighted by Crippen LogP contribution is 2.38. The SMILES string of the molecule is Cc1ccc(C(CC(=O)O)c2ccn3c(C(F)(F)F)nnc3c2C)cc1CN1CC2(CCOCC2)Oc2ncc(F)cc2S1=O. The van der Waals surface area contributed by atoms with Crippen molar-refractivity contribution in [3.8, 4) is 5.88 Å². The van der Waals surface area contributed by atoms with E-state index in [1.54, 1.807) is 17.3 Å². The first-order valence-corrected chi connectivity index (χ1v) is 15.3. The molecule has 1 spiro atoms. The number of carboxylic acid groups (broad SMARTS) is 1. The van der Waals surface area contributed by atoms with Crippen LogP contribution in [0.5, 0.6) is 5.88 Å². The van der Waals surface area contributed by atoms with Crippen LogP contribution >= 0.6 is 0 Å². The van der Waals surface area contributed by atoms with Gasteiger partial charge < -0.3 is 14.6 Å². The van der Waals surface area contributed by atoms with E-state index >= 15 is 0 Å². The average Bonchev–Trinajstić information content (AvgIpc) is 3.40. The fourth-order valence-corrected chi connectivity index (χ4v) is 7.35. The molecule has 4 aromatic rings. The lowest BCUT2D eigenvalue weighted by Crippen LogP contribution is -2.49. The maximum Gasteiger partial charge on any atom is 0.452 e. The normalized spacial score (nSPS) is 19.2. The number of benzene rings is 1. The van der Waals surface area contributed by atoms with Crippen molar-refractivity contribution < 1.29 is 41.1 Å². The van der Waals surface area contributed by atoms with Crippen LogP contribution in [0, 0.1) is 19.7 Å². The second kappa shape index (κ2) is 11.8. The zero-order valence-corrected chi connectivity index (χ0v) is 25.1. The lowest BCUT2D eigenvalue weighted by molar-refractivity contribution is -0.145. The molecule has 6 rings (SSSR count). The molecule has 0 bridgehead atoms. The molecule has 1 fully saturated rings. The van der Waals surface area contributed by atoms with Crippen LogP contribution in [0.25, 0.3) is 5.65 Å². The molecular formula is C30H29F4N5O5S. The Hall–Kier alpha value is -3.95. The predicted octanol–water partition coefficient (Wildman–Crippen LogP) is 4.97. The molecule has 3 aromatic heterocycles. The third kappa shape index (κ3) is 6.03. The number of aromatic nitrogens is 4. The van der Waals surface area contributed by atoms with Crippen molar-refractivity contribution in [3.05, 3.63) is 82.2 Å². The fourth-order valence-electron chi connectivity index (χ4n) is 6.00. The predicted molar refractivity (Wildman–Crippen MR) is 152 cm³/mol. The molecule has 5 heterocycles. The molecular weight excluding hydrogens is 618 g/mol. The summed E-state index contributed by atoms with van der Waals surface area (Å²) in [6, 6.07) is 8.04. The number of carboxylic acids is 1. The minimum Gasteiger partial charge on any atom is -0.481 e. The summed E-state index contributed by atoms with van der Waals surface area (Å²) in [5, 5.41) is 16.9. The number of alkyl halides is 3. The number of ether oxygens (including phenoxy) is 2. The molecule has 0 radical (unpaired) electrons. The van der Waals surface area contributed by atoms with E-state index in [-0.39, 0.29) is 35.9 Å². The summed E-state index contributed by atoms with van der Waals surface area (Å²) in [5.41, 5.74) is 2.26. The maximum atomic E-state index is 14.2. The van der Waals surface area contributed by atoms with Crippen LogP contribution in [-0.2, 0) is 33.2 Å². The third-order valence-corrected chi connectivity index (χ3v) is 9.78.